The summed E-state index contributed by atoms with van der Waals surface area (Å²) in [4.78, 5) is 28.5. The van der Waals surface area contributed by atoms with Crippen molar-refractivity contribution in [2.24, 2.45) is 0 Å². The molecule has 0 aliphatic rings. The van der Waals surface area contributed by atoms with Gasteiger partial charge in [0.05, 0.1) is 11.9 Å². The van der Waals surface area contributed by atoms with Crippen molar-refractivity contribution in [3.63, 3.8) is 0 Å². The van der Waals surface area contributed by atoms with Crippen molar-refractivity contribution in [1.29, 1.82) is 0 Å². The lowest BCUT2D eigenvalue weighted by atomic mass is 10.2. The monoisotopic (exact) mass is 368 g/mol. The van der Waals surface area contributed by atoms with Gasteiger partial charge in [-0.2, -0.15) is 0 Å². The van der Waals surface area contributed by atoms with Crippen LogP contribution in [0, 0.1) is 12.7 Å². The Morgan fingerprint density at radius 3 is 2.81 bits per heavy atom. The highest BCUT2D eigenvalue weighted by molar-refractivity contribution is 9.10. The Balaban J connectivity index is 2.16. The van der Waals surface area contributed by atoms with E-state index in [0.29, 0.717) is 14.7 Å². The number of nitrogens with one attached hydrogen (secondary N) is 1. The predicted molar refractivity (Wildman–Crippen MR) is 84.6 cm³/mol. The third-order valence-corrected chi connectivity index (χ3v) is 4.60. The van der Waals surface area contributed by atoms with Crippen molar-refractivity contribution < 1.29 is 4.39 Å². The molecule has 0 radical (unpaired) electrons. The molecule has 1 N–H and O–H groups in total. The molecule has 4 nitrogen and oxygen atoms in total. The first-order valence-corrected chi connectivity index (χ1v) is 7.74. The average molecular weight is 369 g/mol. The molecule has 3 aromatic rings. The van der Waals surface area contributed by atoms with Crippen molar-refractivity contribution in [2.45, 2.75) is 13.5 Å². The summed E-state index contributed by atoms with van der Waals surface area (Å²) in [5.74, 6) is -0.461. The number of benzene rings is 1. The van der Waals surface area contributed by atoms with Gasteiger partial charge in [0.1, 0.15) is 10.6 Å². The van der Waals surface area contributed by atoms with Gasteiger partial charge >= 0.3 is 5.69 Å². The molecule has 21 heavy (non-hydrogen) atoms. The van der Waals surface area contributed by atoms with Crippen LogP contribution in [0.15, 0.2) is 38.3 Å². The Kier molecular flexibility index (Phi) is 3.54. The van der Waals surface area contributed by atoms with Crippen LogP contribution in [0.4, 0.5) is 4.39 Å². The highest BCUT2D eigenvalue weighted by atomic mass is 79.9. The number of halogens is 2. The van der Waals surface area contributed by atoms with Crippen molar-refractivity contribution in [1.82, 2.24) is 9.55 Å². The van der Waals surface area contributed by atoms with E-state index in [2.05, 4.69) is 20.9 Å². The third kappa shape index (κ3) is 2.58. The average Bonchev–Trinajstić information content (AvgIpc) is 2.77. The number of fused-ring (bicyclic) bond motifs is 1. The number of thiophene rings is 1. The molecule has 0 unspecified atom stereocenters. The maximum absolute atomic E-state index is 13.9. The van der Waals surface area contributed by atoms with Crippen LogP contribution in [-0.2, 0) is 6.54 Å². The van der Waals surface area contributed by atoms with Crippen LogP contribution in [-0.4, -0.2) is 9.55 Å². The van der Waals surface area contributed by atoms with Crippen LogP contribution in [0.1, 0.15) is 10.4 Å². The summed E-state index contributed by atoms with van der Waals surface area (Å²) in [7, 11) is 0. The number of H-pyrrole nitrogens is 1. The summed E-state index contributed by atoms with van der Waals surface area (Å²) in [6.45, 7) is 1.76. The van der Waals surface area contributed by atoms with E-state index < -0.39 is 17.1 Å². The molecule has 0 aliphatic carbocycles. The van der Waals surface area contributed by atoms with Gasteiger partial charge in [-0.05, 0) is 25.1 Å². The van der Waals surface area contributed by atoms with Crippen molar-refractivity contribution >= 4 is 37.5 Å². The lowest BCUT2D eigenvalue weighted by Crippen LogP contribution is -2.35. The van der Waals surface area contributed by atoms with Crippen LogP contribution in [0.3, 0.4) is 0 Å². The maximum Gasteiger partial charge on any atom is 0.329 e. The number of aromatic nitrogens is 2. The Labute approximate surface area is 131 Å². The number of nitrogens with zero attached hydrogens (tertiary/aromatic N) is 1. The lowest BCUT2D eigenvalue weighted by molar-refractivity contribution is 0.590. The van der Waals surface area contributed by atoms with Gasteiger partial charge in [-0.3, -0.25) is 14.3 Å². The standard InChI is InChI=1S/C14H10BrFN2O2S/c1-7-4-10-12(21-7)17-14(20)18(13(10)19)6-8-2-3-9(15)5-11(8)16/h2-5H,6H2,1H3,(H,17,20). The number of hydrogen-bond donors (Lipinski definition) is 1. The molecule has 0 saturated heterocycles. The van der Waals surface area contributed by atoms with Crippen molar-refractivity contribution in [3.05, 3.63) is 65.8 Å². The minimum absolute atomic E-state index is 0.0991. The molecule has 0 aliphatic heterocycles. The van der Waals surface area contributed by atoms with E-state index in [4.69, 9.17) is 0 Å². The van der Waals surface area contributed by atoms with E-state index in [-0.39, 0.29) is 12.1 Å². The zero-order valence-corrected chi connectivity index (χ0v) is 13.3. The summed E-state index contributed by atoms with van der Waals surface area (Å²) in [6, 6.07) is 6.26. The first-order valence-electron chi connectivity index (χ1n) is 6.13. The van der Waals surface area contributed by atoms with Crippen LogP contribution >= 0.6 is 27.3 Å². The second-order valence-corrected chi connectivity index (χ2v) is 6.83. The molecule has 0 bridgehead atoms. The minimum Gasteiger partial charge on any atom is -0.298 e. The summed E-state index contributed by atoms with van der Waals surface area (Å²) in [5.41, 5.74) is -0.644. The van der Waals surface area contributed by atoms with Gasteiger partial charge in [0.15, 0.2) is 0 Å². The Morgan fingerprint density at radius 2 is 2.10 bits per heavy atom. The smallest absolute Gasteiger partial charge is 0.298 e. The van der Waals surface area contributed by atoms with Gasteiger partial charge in [0.25, 0.3) is 5.56 Å². The predicted octanol–water partition coefficient (Wildman–Crippen LogP) is 3.01. The fourth-order valence-electron chi connectivity index (χ4n) is 2.13. The summed E-state index contributed by atoms with van der Waals surface area (Å²) in [6.07, 6.45) is 0. The molecule has 0 amide bonds. The van der Waals surface area contributed by atoms with Crippen molar-refractivity contribution in [3.8, 4) is 0 Å². The van der Waals surface area contributed by atoms with Crippen molar-refractivity contribution in [2.75, 3.05) is 0 Å². The van der Waals surface area contributed by atoms with Crippen LogP contribution in [0.25, 0.3) is 10.2 Å². The second-order valence-electron chi connectivity index (χ2n) is 4.66. The van der Waals surface area contributed by atoms with Crippen LogP contribution < -0.4 is 11.2 Å². The Morgan fingerprint density at radius 1 is 1.33 bits per heavy atom. The summed E-state index contributed by atoms with van der Waals surface area (Å²) >= 11 is 4.52. The van der Waals surface area contributed by atoms with Crippen LogP contribution in [0.5, 0.6) is 0 Å². The highest BCUT2D eigenvalue weighted by Crippen LogP contribution is 2.19. The molecule has 0 spiro atoms. The lowest BCUT2D eigenvalue weighted by Gasteiger charge is -2.06. The maximum atomic E-state index is 13.9. The fourth-order valence-corrected chi connectivity index (χ4v) is 3.36. The topological polar surface area (TPSA) is 54.9 Å². The molecule has 1 aromatic carbocycles. The van der Waals surface area contributed by atoms with Gasteiger partial charge in [-0.1, -0.05) is 22.0 Å². The molecule has 108 valence electrons. The van der Waals surface area contributed by atoms with E-state index in [0.717, 1.165) is 9.44 Å². The first-order chi connectivity index (χ1) is 9.95. The molecule has 0 fully saturated rings. The highest BCUT2D eigenvalue weighted by Gasteiger charge is 2.12. The number of rotatable bonds is 2. The quantitative estimate of drug-likeness (QED) is 0.755. The van der Waals surface area contributed by atoms with E-state index in [1.807, 2.05) is 6.92 Å². The largest absolute Gasteiger partial charge is 0.329 e. The summed E-state index contributed by atoms with van der Waals surface area (Å²) < 4.78 is 15.5. The minimum atomic E-state index is -0.531. The third-order valence-electron chi connectivity index (χ3n) is 3.14. The van der Waals surface area contributed by atoms with Gasteiger partial charge in [-0.15, -0.1) is 11.3 Å². The van der Waals surface area contributed by atoms with Crippen LogP contribution in [0.2, 0.25) is 0 Å². The van der Waals surface area contributed by atoms with E-state index in [9.17, 15) is 14.0 Å². The molecule has 7 heteroatoms. The number of hydrogen-bond acceptors (Lipinski definition) is 3. The first kappa shape index (κ1) is 14.2. The molecule has 0 atom stereocenters. The van der Waals surface area contributed by atoms with Gasteiger partial charge in [0.2, 0.25) is 0 Å². The molecular formula is C14H10BrFN2O2S. The number of aromatic amines is 1. The molecular weight excluding hydrogens is 359 g/mol. The normalized spacial score (nSPS) is 11.2. The fraction of sp³-hybridized carbons (Fsp3) is 0.143. The zero-order chi connectivity index (χ0) is 15.1. The summed E-state index contributed by atoms with van der Waals surface area (Å²) in [5, 5.41) is 0.453. The van der Waals surface area contributed by atoms with E-state index >= 15 is 0 Å². The Bertz CT molecular complexity index is 958. The SMILES string of the molecule is Cc1cc2c(=O)n(Cc3ccc(Br)cc3F)c(=O)[nH]c2s1. The van der Waals surface area contributed by atoms with Gasteiger partial charge < -0.3 is 0 Å². The molecule has 3 rings (SSSR count). The molecule has 0 saturated carbocycles. The zero-order valence-electron chi connectivity index (χ0n) is 10.9. The second kappa shape index (κ2) is 5.23. The van der Waals surface area contributed by atoms with E-state index in [1.165, 1.54) is 17.4 Å². The van der Waals surface area contributed by atoms with E-state index in [1.54, 1.807) is 18.2 Å². The van der Waals surface area contributed by atoms with Gasteiger partial charge in [0, 0.05) is 14.9 Å². The molecule has 2 aromatic heterocycles. The van der Waals surface area contributed by atoms with Gasteiger partial charge in [-0.25, -0.2) is 9.18 Å². The number of aryl methyl sites for hydroxylation is 1. The molecule has 2 heterocycles. The Hall–Kier alpha value is -1.73.